The van der Waals surface area contributed by atoms with Crippen molar-refractivity contribution < 1.29 is 0 Å². The zero-order valence-electron chi connectivity index (χ0n) is 17.0. The van der Waals surface area contributed by atoms with Gasteiger partial charge in [-0.3, -0.25) is 4.90 Å². The molecule has 0 saturated carbocycles. The van der Waals surface area contributed by atoms with E-state index in [1.165, 1.54) is 35.7 Å². The number of aliphatic imine (C=N–C) groups is 1. The van der Waals surface area contributed by atoms with Gasteiger partial charge < -0.3 is 10.6 Å². The lowest BCUT2D eigenvalue weighted by Crippen LogP contribution is -2.45. The molecular formula is C20H32IN5S2. The number of nitrogens with one attached hydrogen (secondary N) is 2. The largest absolute Gasteiger partial charge is 0.357 e. The second-order valence-corrected chi connectivity index (χ2v) is 9.11. The first-order valence-corrected chi connectivity index (χ1v) is 11.6. The first-order valence-electron chi connectivity index (χ1n) is 9.86. The summed E-state index contributed by atoms with van der Waals surface area (Å²) in [6.07, 6.45) is 2.58. The van der Waals surface area contributed by atoms with Gasteiger partial charge in [0.2, 0.25) is 0 Å². The summed E-state index contributed by atoms with van der Waals surface area (Å²) in [7, 11) is 0. The summed E-state index contributed by atoms with van der Waals surface area (Å²) in [6, 6.07) is 4.83. The summed E-state index contributed by atoms with van der Waals surface area (Å²) < 4.78 is 0. The smallest absolute Gasteiger partial charge is 0.191 e. The van der Waals surface area contributed by atoms with Crippen molar-refractivity contribution in [3.05, 3.63) is 38.5 Å². The van der Waals surface area contributed by atoms with Crippen LogP contribution in [0.1, 0.15) is 48.2 Å². The van der Waals surface area contributed by atoms with Gasteiger partial charge in [-0.25, -0.2) is 9.98 Å². The molecule has 28 heavy (non-hydrogen) atoms. The van der Waals surface area contributed by atoms with E-state index in [2.05, 4.69) is 51.9 Å². The molecule has 156 valence electrons. The van der Waals surface area contributed by atoms with Crippen LogP contribution in [0, 0.1) is 12.8 Å². The maximum absolute atomic E-state index is 4.78. The molecule has 2 N–H and O–H groups in total. The number of halogens is 1. The average Bonchev–Trinajstić information content (AvgIpc) is 3.33. The second kappa shape index (κ2) is 12.1. The Labute approximate surface area is 194 Å². The predicted octanol–water partition coefficient (Wildman–Crippen LogP) is 4.66. The maximum atomic E-state index is 4.78. The van der Waals surface area contributed by atoms with Crippen LogP contribution in [-0.2, 0) is 6.54 Å². The second-order valence-electron chi connectivity index (χ2n) is 7.19. The van der Waals surface area contributed by atoms with E-state index in [1.807, 2.05) is 23.8 Å². The van der Waals surface area contributed by atoms with Crippen LogP contribution in [0.5, 0.6) is 0 Å². The molecule has 2 aromatic heterocycles. The maximum Gasteiger partial charge on any atom is 0.191 e. The van der Waals surface area contributed by atoms with Crippen LogP contribution in [0.15, 0.2) is 28.0 Å². The van der Waals surface area contributed by atoms with Crippen LogP contribution in [-0.4, -0.2) is 42.0 Å². The monoisotopic (exact) mass is 533 g/mol. The van der Waals surface area contributed by atoms with Gasteiger partial charge in [-0.05, 0) is 57.1 Å². The molecule has 0 amide bonds. The Balaban J connectivity index is 0.00000280. The molecule has 1 fully saturated rings. The Morgan fingerprint density at radius 3 is 2.71 bits per heavy atom. The molecule has 0 aliphatic carbocycles. The topological polar surface area (TPSA) is 52.6 Å². The Hall–Kier alpha value is -0.710. The number of thiazole rings is 1. The van der Waals surface area contributed by atoms with Crippen LogP contribution in [0.3, 0.4) is 0 Å². The molecule has 0 radical (unpaired) electrons. The standard InChI is InChI=1S/C20H31N5S2.HI/c1-4-21-20(23-13-19-16(3)24-14-27-19)22-12-17(18-6-5-11-26-18)25-9-7-15(2)8-10-25;/h5-6,11,14-15,17H,4,7-10,12-13H2,1-3H3,(H2,21,22,23);1H. The number of hydrogen-bond donors (Lipinski definition) is 2. The van der Waals surface area contributed by atoms with Gasteiger partial charge in [0, 0.05) is 22.8 Å². The highest BCUT2D eigenvalue weighted by Crippen LogP contribution is 2.29. The number of piperidine rings is 1. The predicted molar refractivity (Wildman–Crippen MR) is 132 cm³/mol. The number of guanidine groups is 1. The molecule has 3 heterocycles. The molecule has 1 saturated heterocycles. The van der Waals surface area contributed by atoms with Gasteiger partial charge in [0.05, 0.1) is 23.8 Å². The molecule has 0 bridgehead atoms. The van der Waals surface area contributed by atoms with E-state index in [-0.39, 0.29) is 24.0 Å². The number of rotatable bonds is 7. The highest BCUT2D eigenvalue weighted by atomic mass is 127. The summed E-state index contributed by atoms with van der Waals surface area (Å²) in [4.78, 5) is 14.4. The SMILES string of the molecule is CCNC(=NCc1scnc1C)NCC(c1cccs1)N1CCC(C)CC1.I. The van der Waals surface area contributed by atoms with Crippen LogP contribution in [0.25, 0.3) is 0 Å². The zero-order valence-corrected chi connectivity index (χ0v) is 20.9. The van der Waals surface area contributed by atoms with Gasteiger partial charge in [0.1, 0.15) is 0 Å². The van der Waals surface area contributed by atoms with E-state index in [0.717, 1.165) is 30.7 Å². The molecule has 1 unspecified atom stereocenters. The Kier molecular flexibility index (Phi) is 10.2. The van der Waals surface area contributed by atoms with Crippen LogP contribution >= 0.6 is 46.7 Å². The van der Waals surface area contributed by atoms with Crippen molar-refractivity contribution in [2.45, 2.75) is 46.2 Å². The third-order valence-electron chi connectivity index (χ3n) is 5.16. The van der Waals surface area contributed by atoms with Gasteiger partial charge in [-0.15, -0.1) is 46.7 Å². The quantitative estimate of drug-likeness (QED) is 0.309. The number of likely N-dealkylation sites (tertiary alicyclic amines) is 1. The van der Waals surface area contributed by atoms with Crippen molar-refractivity contribution in [1.29, 1.82) is 0 Å². The first-order chi connectivity index (χ1) is 13.2. The van der Waals surface area contributed by atoms with Gasteiger partial charge in [0.15, 0.2) is 5.96 Å². The molecule has 1 aliphatic heterocycles. The van der Waals surface area contributed by atoms with Crippen molar-refractivity contribution in [3.8, 4) is 0 Å². The normalized spacial score (nSPS) is 17.2. The number of aromatic nitrogens is 1. The minimum Gasteiger partial charge on any atom is -0.357 e. The zero-order chi connectivity index (χ0) is 19.1. The molecule has 1 aliphatic rings. The highest BCUT2D eigenvalue weighted by molar-refractivity contribution is 14.0. The Morgan fingerprint density at radius 1 is 1.32 bits per heavy atom. The Bertz CT molecular complexity index is 708. The van der Waals surface area contributed by atoms with E-state index in [9.17, 15) is 0 Å². The fraction of sp³-hybridized carbons (Fsp3) is 0.600. The van der Waals surface area contributed by atoms with Crippen molar-refractivity contribution in [3.63, 3.8) is 0 Å². The lowest BCUT2D eigenvalue weighted by atomic mass is 9.97. The molecule has 2 aromatic rings. The van der Waals surface area contributed by atoms with E-state index in [1.54, 1.807) is 11.3 Å². The van der Waals surface area contributed by atoms with Crippen molar-refractivity contribution in [2.24, 2.45) is 10.9 Å². The average molecular weight is 534 g/mol. The third kappa shape index (κ3) is 6.67. The van der Waals surface area contributed by atoms with E-state index < -0.39 is 0 Å². The highest BCUT2D eigenvalue weighted by Gasteiger charge is 2.25. The van der Waals surface area contributed by atoms with Gasteiger partial charge in [-0.1, -0.05) is 13.0 Å². The summed E-state index contributed by atoms with van der Waals surface area (Å²) in [5, 5.41) is 9.15. The van der Waals surface area contributed by atoms with Gasteiger partial charge in [-0.2, -0.15) is 0 Å². The third-order valence-corrected chi connectivity index (χ3v) is 7.06. The summed E-state index contributed by atoms with van der Waals surface area (Å²) in [5.41, 5.74) is 2.98. The van der Waals surface area contributed by atoms with E-state index >= 15 is 0 Å². The van der Waals surface area contributed by atoms with Crippen molar-refractivity contribution in [2.75, 3.05) is 26.2 Å². The lowest BCUT2D eigenvalue weighted by molar-refractivity contribution is 0.140. The summed E-state index contributed by atoms with van der Waals surface area (Å²) >= 11 is 3.53. The number of nitrogens with zero attached hydrogens (tertiary/aromatic N) is 3. The molecule has 8 heteroatoms. The molecule has 0 spiro atoms. The fourth-order valence-corrected chi connectivity index (χ4v) is 4.96. The minimum atomic E-state index is 0. The van der Waals surface area contributed by atoms with Crippen molar-refractivity contribution >= 4 is 52.6 Å². The molecule has 3 rings (SSSR count). The fourth-order valence-electron chi connectivity index (χ4n) is 3.39. The lowest BCUT2D eigenvalue weighted by Gasteiger charge is -2.36. The number of aryl methyl sites for hydroxylation is 1. The van der Waals surface area contributed by atoms with Crippen LogP contribution < -0.4 is 10.6 Å². The van der Waals surface area contributed by atoms with Crippen molar-refractivity contribution in [1.82, 2.24) is 20.5 Å². The summed E-state index contributed by atoms with van der Waals surface area (Å²) in [6.45, 7) is 11.3. The van der Waals surface area contributed by atoms with E-state index in [4.69, 9.17) is 4.99 Å². The molecule has 0 aromatic carbocycles. The number of thiophene rings is 1. The minimum absolute atomic E-state index is 0. The van der Waals surface area contributed by atoms with Gasteiger partial charge >= 0.3 is 0 Å². The molecular weight excluding hydrogens is 501 g/mol. The van der Waals surface area contributed by atoms with Crippen LogP contribution in [0.2, 0.25) is 0 Å². The Morgan fingerprint density at radius 2 is 2.11 bits per heavy atom. The molecule has 5 nitrogen and oxygen atoms in total. The van der Waals surface area contributed by atoms with Crippen LogP contribution in [0.4, 0.5) is 0 Å². The summed E-state index contributed by atoms with van der Waals surface area (Å²) in [5.74, 6) is 1.73. The van der Waals surface area contributed by atoms with E-state index in [0.29, 0.717) is 12.6 Å². The van der Waals surface area contributed by atoms with Gasteiger partial charge in [0.25, 0.3) is 0 Å². The first kappa shape index (κ1) is 23.6. The number of hydrogen-bond acceptors (Lipinski definition) is 5. The molecule has 1 atom stereocenters.